The molecule has 3 heteroatoms. The number of rotatable bonds is 3. The molecule has 1 unspecified atom stereocenters. The van der Waals surface area contributed by atoms with E-state index >= 15 is 0 Å². The molecule has 0 bridgehead atoms. The average Bonchev–Trinajstić information content (AvgIpc) is 2.31. The minimum absolute atomic E-state index is 0.447. The summed E-state index contributed by atoms with van der Waals surface area (Å²) >= 11 is 6.05. The van der Waals surface area contributed by atoms with Crippen molar-refractivity contribution < 1.29 is 9.84 Å². The van der Waals surface area contributed by atoms with E-state index in [1.807, 2.05) is 24.3 Å². The first-order chi connectivity index (χ1) is 7.77. The molecule has 1 aliphatic heterocycles. The van der Waals surface area contributed by atoms with E-state index in [0.717, 1.165) is 38.0 Å². The number of halogens is 1. The van der Waals surface area contributed by atoms with Gasteiger partial charge >= 0.3 is 0 Å². The minimum Gasteiger partial charge on any atom is -0.388 e. The van der Waals surface area contributed by atoms with Crippen LogP contribution in [0.25, 0.3) is 0 Å². The molecule has 1 heterocycles. The first kappa shape index (κ1) is 11.9. The van der Waals surface area contributed by atoms with Crippen molar-refractivity contribution >= 4 is 11.6 Å². The fraction of sp³-hybridized carbons (Fsp3) is 0.538. The van der Waals surface area contributed by atoms with Crippen LogP contribution in [-0.4, -0.2) is 18.3 Å². The Bertz CT molecular complexity index is 334. The van der Waals surface area contributed by atoms with E-state index in [1.54, 1.807) is 0 Å². The van der Waals surface area contributed by atoms with Gasteiger partial charge < -0.3 is 9.84 Å². The summed E-state index contributed by atoms with van der Waals surface area (Å²) < 4.78 is 5.30. The van der Waals surface area contributed by atoms with Crippen molar-refractivity contribution in [1.82, 2.24) is 0 Å². The van der Waals surface area contributed by atoms with Crippen molar-refractivity contribution in [3.8, 4) is 0 Å². The second kappa shape index (κ2) is 5.67. The molecule has 1 atom stereocenters. The zero-order chi connectivity index (χ0) is 11.4. The fourth-order valence-electron chi connectivity index (χ4n) is 2.17. The molecule has 1 saturated heterocycles. The Morgan fingerprint density at radius 2 is 2.00 bits per heavy atom. The zero-order valence-electron chi connectivity index (χ0n) is 9.23. The van der Waals surface area contributed by atoms with Crippen LogP contribution in [0, 0.1) is 5.92 Å². The van der Waals surface area contributed by atoms with Gasteiger partial charge in [0.05, 0.1) is 6.10 Å². The van der Waals surface area contributed by atoms with Crippen molar-refractivity contribution in [2.45, 2.75) is 25.4 Å². The van der Waals surface area contributed by atoms with Crippen molar-refractivity contribution in [2.75, 3.05) is 13.2 Å². The van der Waals surface area contributed by atoms with E-state index in [0.29, 0.717) is 10.9 Å². The SMILES string of the molecule is OC(CC1CCOCC1)c1ccccc1Cl. The highest BCUT2D eigenvalue weighted by Gasteiger charge is 2.19. The van der Waals surface area contributed by atoms with Gasteiger partial charge in [-0.15, -0.1) is 0 Å². The topological polar surface area (TPSA) is 29.5 Å². The van der Waals surface area contributed by atoms with E-state index in [-0.39, 0.29) is 0 Å². The monoisotopic (exact) mass is 240 g/mol. The third kappa shape index (κ3) is 2.97. The van der Waals surface area contributed by atoms with Crippen LogP contribution in [0.1, 0.15) is 30.9 Å². The van der Waals surface area contributed by atoms with Crippen LogP contribution in [0.4, 0.5) is 0 Å². The third-order valence-corrected chi connectivity index (χ3v) is 3.51. The summed E-state index contributed by atoms with van der Waals surface area (Å²) in [6.45, 7) is 1.64. The molecule has 2 nitrogen and oxygen atoms in total. The van der Waals surface area contributed by atoms with Gasteiger partial charge in [-0.25, -0.2) is 0 Å². The summed E-state index contributed by atoms with van der Waals surface area (Å²) in [4.78, 5) is 0. The molecular formula is C13H17ClO2. The predicted octanol–water partition coefficient (Wildman–Crippen LogP) is 3.19. The maximum atomic E-state index is 10.1. The highest BCUT2D eigenvalue weighted by Crippen LogP contribution is 2.30. The first-order valence-corrected chi connectivity index (χ1v) is 6.15. The summed E-state index contributed by atoms with van der Waals surface area (Å²) in [7, 11) is 0. The molecule has 0 spiro atoms. The lowest BCUT2D eigenvalue weighted by Gasteiger charge is -2.24. The smallest absolute Gasteiger partial charge is 0.0807 e. The molecule has 2 rings (SSSR count). The number of aliphatic hydroxyl groups excluding tert-OH is 1. The second-order valence-electron chi connectivity index (χ2n) is 4.33. The standard InChI is InChI=1S/C13H17ClO2/c14-12-4-2-1-3-11(12)13(15)9-10-5-7-16-8-6-10/h1-4,10,13,15H,5-9H2. The average molecular weight is 241 g/mol. The molecule has 1 aliphatic rings. The van der Waals surface area contributed by atoms with Crippen molar-refractivity contribution in [3.63, 3.8) is 0 Å². The number of benzene rings is 1. The summed E-state index contributed by atoms with van der Waals surface area (Å²) in [6, 6.07) is 7.51. The third-order valence-electron chi connectivity index (χ3n) is 3.16. The Morgan fingerprint density at radius 1 is 1.31 bits per heavy atom. The molecule has 0 amide bonds. The van der Waals surface area contributed by atoms with Crippen LogP contribution in [0.5, 0.6) is 0 Å². The minimum atomic E-state index is -0.447. The lowest BCUT2D eigenvalue weighted by Crippen LogP contribution is -2.18. The summed E-state index contributed by atoms with van der Waals surface area (Å²) in [5.74, 6) is 0.556. The summed E-state index contributed by atoms with van der Waals surface area (Å²) in [5.41, 5.74) is 0.843. The van der Waals surface area contributed by atoms with Crippen molar-refractivity contribution in [3.05, 3.63) is 34.9 Å². The van der Waals surface area contributed by atoms with E-state index < -0.39 is 6.10 Å². The van der Waals surface area contributed by atoms with E-state index in [4.69, 9.17) is 16.3 Å². The second-order valence-corrected chi connectivity index (χ2v) is 4.74. The molecule has 0 saturated carbocycles. The van der Waals surface area contributed by atoms with Gasteiger partial charge in [-0.3, -0.25) is 0 Å². The van der Waals surface area contributed by atoms with Gasteiger partial charge in [0.2, 0.25) is 0 Å². The highest BCUT2D eigenvalue weighted by atomic mass is 35.5. The molecule has 16 heavy (non-hydrogen) atoms. The number of hydrogen-bond donors (Lipinski definition) is 1. The van der Waals surface area contributed by atoms with Crippen LogP contribution < -0.4 is 0 Å². The van der Waals surface area contributed by atoms with Crippen LogP contribution in [-0.2, 0) is 4.74 Å². The Kier molecular flexibility index (Phi) is 4.22. The van der Waals surface area contributed by atoms with Crippen molar-refractivity contribution in [2.24, 2.45) is 5.92 Å². The first-order valence-electron chi connectivity index (χ1n) is 5.77. The van der Waals surface area contributed by atoms with E-state index in [1.165, 1.54) is 0 Å². The van der Waals surface area contributed by atoms with Crippen molar-refractivity contribution in [1.29, 1.82) is 0 Å². The molecule has 1 aromatic carbocycles. The maximum Gasteiger partial charge on any atom is 0.0807 e. The molecule has 0 radical (unpaired) electrons. The van der Waals surface area contributed by atoms with Crippen LogP contribution in [0.3, 0.4) is 0 Å². The maximum absolute atomic E-state index is 10.1. The fourth-order valence-corrected chi connectivity index (χ4v) is 2.43. The Morgan fingerprint density at radius 3 is 2.69 bits per heavy atom. The number of aliphatic hydroxyl groups is 1. The zero-order valence-corrected chi connectivity index (χ0v) is 9.99. The van der Waals surface area contributed by atoms with Crippen LogP contribution >= 0.6 is 11.6 Å². The van der Waals surface area contributed by atoms with Gasteiger partial charge in [0.15, 0.2) is 0 Å². The van der Waals surface area contributed by atoms with Gasteiger partial charge in [-0.2, -0.15) is 0 Å². The van der Waals surface area contributed by atoms with E-state index in [2.05, 4.69) is 0 Å². The predicted molar refractivity (Wildman–Crippen MR) is 64.6 cm³/mol. The Labute approximate surface area is 101 Å². The normalized spacial score (nSPS) is 19.6. The van der Waals surface area contributed by atoms with Gasteiger partial charge in [-0.1, -0.05) is 29.8 Å². The Hall–Kier alpha value is -0.570. The van der Waals surface area contributed by atoms with Gasteiger partial charge in [0, 0.05) is 18.2 Å². The lowest BCUT2D eigenvalue weighted by molar-refractivity contribution is 0.0435. The highest BCUT2D eigenvalue weighted by molar-refractivity contribution is 6.31. The van der Waals surface area contributed by atoms with Crippen LogP contribution in [0.2, 0.25) is 5.02 Å². The summed E-state index contributed by atoms with van der Waals surface area (Å²) in [5, 5.41) is 10.8. The molecule has 1 N–H and O–H groups in total. The van der Waals surface area contributed by atoms with Gasteiger partial charge in [-0.05, 0) is 36.8 Å². The number of hydrogen-bond acceptors (Lipinski definition) is 2. The molecule has 0 aliphatic carbocycles. The molecule has 0 aromatic heterocycles. The lowest BCUT2D eigenvalue weighted by atomic mass is 9.91. The van der Waals surface area contributed by atoms with Gasteiger partial charge in [0.25, 0.3) is 0 Å². The van der Waals surface area contributed by atoms with Crippen LogP contribution in [0.15, 0.2) is 24.3 Å². The Balaban J connectivity index is 1.96. The molecule has 1 aromatic rings. The molecule has 1 fully saturated rings. The summed E-state index contributed by atoms with van der Waals surface area (Å²) in [6.07, 6.45) is 2.42. The van der Waals surface area contributed by atoms with E-state index in [9.17, 15) is 5.11 Å². The molecular weight excluding hydrogens is 224 g/mol. The quantitative estimate of drug-likeness (QED) is 0.879. The largest absolute Gasteiger partial charge is 0.388 e. The van der Waals surface area contributed by atoms with Gasteiger partial charge in [0.1, 0.15) is 0 Å². The number of ether oxygens (including phenoxy) is 1. The molecule has 88 valence electrons.